The fourth-order valence-electron chi connectivity index (χ4n) is 1.81. The van der Waals surface area contributed by atoms with Crippen LogP contribution in [0.4, 0.5) is 24.9 Å². The molecule has 0 radical (unpaired) electrons. The van der Waals surface area contributed by atoms with E-state index < -0.39 is 23.3 Å². The second kappa shape index (κ2) is 4.87. The third kappa shape index (κ3) is 2.44. The molecule has 1 heterocycles. The summed E-state index contributed by atoms with van der Waals surface area (Å²) in [5.74, 6) is -0.821. The Labute approximate surface area is 112 Å². The largest absolute Gasteiger partial charge is 0.496 e. The maximum Gasteiger partial charge on any atom is 0.422 e. The molecule has 20 heavy (non-hydrogen) atoms. The lowest BCUT2D eigenvalue weighted by Gasteiger charge is -2.16. The van der Waals surface area contributed by atoms with Gasteiger partial charge in [-0.2, -0.15) is 18.2 Å². The molecule has 0 aliphatic rings. The molecule has 4 N–H and O–H groups in total. The number of benzene rings is 1. The molecule has 2 aromatic rings. The SMILES string of the molecule is COc1ccccc1-c1nc(N)nc(N)c1C(F)(F)F. The number of aromatic nitrogens is 2. The number of ether oxygens (including phenoxy) is 1. The summed E-state index contributed by atoms with van der Waals surface area (Å²) >= 11 is 0. The molecule has 1 aromatic heterocycles. The molecule has 0 unspecified atom stereocenters. The lowest BCUT2D eigenvalue weighted by molar-refractivity contribution is -0.136. The van der Waals surface area contributed by atoms with Crippen LogP contribution in [-0.4, -0.2) is 17.1 Å². The van der Waals surface area contributed by atoms with Gasteiger partial charge in [-0.05, 0) is 12.1 Å². The molecular weight excluding hydrogens is 273 g/mol. The molecule has 0 saturated carbocycles. The van der Waals surface area contributed by atoms with Crippen molar-refractivity contribution in [2.24, 2.45) is 0 Å². The molecule has 8 heteroatoms. The summed E-state index contributed by atoms with van der Waals surface area (Å²) in [4.78, 5) is 7.03. The van der Waals surface area contributed by atoms with E-state index in [1.54, 1.807) is 12.1 Å². The normalized spacial score (nSPS) is 11.4. The van der Waals surface area contributed by atoms with Crippen LogP contribution in [0.2, 0.25) is 0 Å². The van der Waals surface area contributed by atoms with Crippen molar-refractivity contribution in [3.8, 4) is 17.0 Å². The Balaban J connectivity index is 2.79. The average Bonchev–Trinajstić information content (AvgIpc) is 2.36. The maximum atomic E-state index is 13.1. The lowest BCUT2D eigenvalue weighted by Crippen LogP contribution is -2.15. The number of para-hydroxylation sites is 1. The summed E-state index contributed by atoms with van der Waals surface area (Å²) in [6, 6.07) is 6.15. The van der Waals surface area contributed by atoms with Crippen molar-refractivity contribution in [3.63, 3.8) is 0 Å². The second-order valence-corrected chi connectivity index (χ2v) is 3.89. The van der Waals surface area contributed by atoms with Crippen LogP contribution in [-0.2, 0) is 6.18 Å². The van der Waals surface area contributed by atoms with E-state index >= 15 is 0 Å². The van der Waals surface area contributed by atoms with Gasteiger partial charge in [0.1, 0.15) is 17.1 Å². The van der Waals surface area contributed by atoms with E-state index in [4.69, 9.17) is 16.2 Å². The molecule has 0 bridgehead atoms. The number of nitrogens with two attached hydrogens (primary N) is 2. The number of hydrogen-bond acceptors (Lipinski definition) is 5. The zero-order valence-corrected chi connectivity index (χ0v) is 10.4. The van der Waals surface area contributed by atoms with E-state index in [-0.39, 0.29) is 17.3 Å². The highest BCUT2D eigenvalue weighted by Gasteiger charge is 2.38. The number of nitrogens with zero attached hydrogens (tertiary/aromatic N) is 2. The maximum absolute atomic E-state index is 13.1. The van der Waals surface area contributed by atoms with Crippen molar-refractivity contribution in [2.45, 2.75) is 6.18 Å². The Bertz CT molecular complexity index is 643. The Morgan fingerprint density at radius 2 is 1.75 bits per heavy atom. The second-order valence-electron chi connectivity index (χ2n) is 3.89. The van der Waals surface area contributed by atoms with Crippen LogP contribution >= 0.6 is 0 Å². The summed E-state index contributed by atoms with van der Waals surface area (Å²) in [6.07, 6.45) is -4.70. The van der Waals surface area contributed by atoms with Gasteiger partial charge in [0, 0.05) is 5.56 Å². The van der Waals surface area contributed by atoms with Crippen LogP contribution in [0.3, 0.4) is 0 Å². The minimum atomic E-state index is -4.70. The van der Waals surface area contributed by atoms with E-state index in [2.05, 4.69) is 9.97 Å². The monoisotopic (exact) mass is 284 g/mol. The van der Waals surface area contributed by atoms with Gasteiger partial charge < -0.3 is 16.2 Å². The standard InChI is InChI=1S/C12H11F3N4O/c1-20-7-5-3-2-4-6(7)9-8(12(13,14)15)10(16)19-11(17)18-9/h2-5H,1H3,(H4,16,17,18,19). The quantitative estimate of drug-likeness (QED) is 0.883. The molecule has 106 valence electrons. The summed E-state index contributed by atoms with van der Waals surface area (Å²) in [5, 5.41) is 0. The summed E-state index contributed by atoms with van der Waals surface area (Å²) in [6.45, 7) is 0. The third-order valence-corrected chi connectivity index (χ3v) is 2.60. The van der Waals surface area contributed by atoms with Crippen LogP contribution in [0.5, 0.6) is 5.75 Å². The van der Waals surface area contributed by atoms with Gasteiger partial charge in [-0.25, -0.2) is 4.98 Å². The molecule has 0 spiro atoms. The van der Waals surface area contributed by atoms with Crippen LogP contribution in [0.1, 0.15) is 5.56 Å². The van der Waals surface area contributed by atoms with E-state index in [1.807, 2.05) is 0 Å². The van der Waals surface area contributed by atoms with E-state index in [1.165, 1.54) is 19.2 Å². The number of anilines is 2. The number of halogens is 3. The molecule has 1 aromatic carbocycles. The predicted molar refractivity (Wildman–Crippen MR) is 67.8 cm³/mol. The topological polar surface area (TPSA) is 87.0 Å². The molecule has 0 amide bonds. The Hall–Kier alpha value is -2.51. The average molecular weight is 284 g/mol. The molecule has 0 atom stereocenters. The van der Waals surface area contributed by atoms with Crippen molar-refractivity contribution in [1.29, 1.82) is 0 Å². The fourth-order valence-corrected chi connectivity index (χ4v) is 1.81. The van der Waals surface area contributed by atoms with Crippen molar-refractivity contribution >= 4 is 11.8 Å². The molecule has 0 aliphatic heterocycles. The van der Waals surface area contributed by atoms with Gasteiger partial charge in [0.05, 0.1) is 12.8 Å². The van der Waals surface area contributed by atoms with Gasteiger partial charge in [0.15, 0.2) is 0 Å². The van der Waals surface area contributed by atoms with Gasteiger partial charge in [-0.15, -0.1) is 0 Å². The highest BCUT2D eigenvalue weighted by molar-refractivity contribution is 5.74. The zero-order valence-electron chi connectivity index (χ0n) is 10.4. The zero-order chi connectivity index (χ0) is 14.9. The van der Waals surface area contributed by atoms with Crippen LogP contribution < -0.4 is 16.2 Å². The minimum Gasteiger partial charge on any atom is -0.496 e. The molecule has 0 aliphatic carbocycles. The van der Waals surface area contributed by atoms with Crippen molar-refractivity contribution in [3.05, 3.63) is 29.8 Å². The lowest BCUT2D eigenvalue weighted by atomic mass is 10.0. The number of alkyl halides is 3. The van der Waals surface area contributed by atoms with Crippen LogP contribution in [0.25, 0.3) is 11.3 Å². The highest BCUT2D eigenvalue weighted by atomic mass is 19.4. The fraction of sp³-hybridized carbons (Fsp3) is 0.167. The minimum absolute atomic E-state index is 0.142. The van der Waals surface area contributed by atoms with Crippen LogP contribution in [0.15, 0.2) is 24.3 Å². The first-order valence-electron chi connectivity index (χ1n) is 5.48. The Kier molecular flexibility index (Phi) is 3.39. The number of nitrogen functional groups attached to an aromatic ring is 2. The van der Waals surface area contributed by atoms with Crippen molar-refractivity contribution < 1.29 is 17.9 Å². The number of rotatable bonds is 2. The van der Waals surface area contributed by atoms with Gasteiger partial charge in [-0.1, -0.05) is 12.1 Å². The van der Waals surface area contributed by atoms with Gasteiger partial charge in [-0.3, -0.25) is 0 Å². The number of hydrogen-bond donors (Lipinski definition) is 2. The Morgan fingerprint density at radius 1 is 1.10 bits per heavy atom. The smallest absolute Gasteiger partial charge is 0.422 e. The van der Waals surface area contributed by atoms with E-state index in [0.29, 0.717) is 0 Å². The third-order valence-electron chi connectivity index (χ3n) is 2.60. The Morgan fingerprint density at radius 3 is 2.35 bits per heavy atom. The first kappa shape index (κ1) is 13.9. The van der Waals surface area contributed by atoms with Gasteiger partial charge in [0.2, 0.25) is 5.95 Å². The highest BCUT2D eigenvalue weighted by Crippen LogP contribution is 2.41. The first-order chi connectivity index (χ1) is 9.34. The van der Waals surface area contributed by atoms with Gasteiger partial charge in [0.25, 0.3) is 0 Å². The summed E-state index contributed by atoms with van der Waals surface area (Å²) < 4.78 is 44.4. The molecule has 5 nitrogen and oxygen atoms in total. The van der Waals surface area contributed by atoms with Crippen LogP contribution in [0, 0.1) is 0 Å². The first-order valence-corrected chi connectivity index (χ1v) is 5.48. The molecular formula is C12H11F3N4O. The van der Waals surface area contributed by atoms with E-state index in [0.717, 1.165) is 0 Å². The summed E-state index contributed by atoms with van der Waals surface area (Å²) in [7, 11) is 1.35. The number of methoxy groups -OCH3 is 1. The predicted octanol–water partition coefficient (Wildman–Crippen LogP) is 2.34. The molecule has 0 fully saturated rings. The van der Waals surface area contributed by atoms with Crippen molar-refractivity contribution in [1.82, 2.24) is 9.97 Å². The van der Waals surface area contributed by atoms with Gasteiger partial charge >= 0.3 is 6.18 Å². The molecule has 0 saturated heterocycles. The summed E-state index contributed by atoms with van der Waals surface area (Å²) in [5.41, 5.74) is 9.35. The van der Waals surface area contributed by atoms with E-state index in [9.17, 15) is 13.2 Å². The van der Waals surface area contributed by atoms with Crippen molar-refractivity contribution in [2.75, 3.05) is 18.6 Å². The molecule has 2 rings (SSSR count).